The SMILES string of the molecule is O=Cc1ccccc1OC[C@@H]1CO1. The van der Waals surface area contributed by atoms with E-state index in [0.717, 1.165) is 12.9 Å². The monoisotopic (exact) mass is 178 g/mol. The molecular weight excluding hydrogens is 168 g/mol. The van der Waals surface area contributed by atoms with Crippen LogP contribution in [-0.2, 0) is 4.74 Å². The molecule has 0 N–H and O–H groups in total. The van der Waals surface area contributed by atoms with Crippen molar-refractivity contribution in [3.8, 4) is 5.75 Å². The highest BCUT2D eigenvalue weighted by atomic mass is 16.6. The average molecular weight is 178 g/mol. The molecule has 3 nitrogen and oxygen atoms in total. The first-order chi connectivity index (χ1) is 6.40. The van der Waals surface area contributed by atoms with E-state index < -0.39 is 0 Å². The number of carbonyl (C=O) groups excluding carboxylic acids is 1. The lowest BCUT2D eigenvalue weighted by Gasteiger charge is -2.05. The number of epoxide rings is 1. The summed E-state index contributed by atoms with van der Waals surface area (Å²) in [4.78, 5) is 10.6. The van der Waals surface area contributed by atoms with Crippen molar-refractivity contribution in [2.45, 2.75) is 6.10 Å². The standard InChI is InChI=1S/C10H10O3/c11-5-8-3-1-2-4-10(8)13-7-9-6-12-9/h1-5,9H,6-7H2/t9-/m0/s1. The van der Waals surface area contributed by atoms with Crippen LogP contribution >= 0.6 is 0 Å². The molecule has 1 aliphatic rings. The Morgan fingerprint density at radius 2 is 2.31 bits per heavy atom. The molecule has 1 aromatic carbocycles. The summed E-state index contributed by atoms with van der Waals surface area (Å²) in [5, 5.41) is 0. The summed E-state index contributed by atoms with van der Waals surface area (Å²) in [5.74, 6) is 0.632. The fourth-order valence-electron chi connectivity index (χ4n) is 1.06. The minimum atomic E-state index is 0.222. The van der Waals surface area contributed by atoms with E-state index in [1.807, 2.05) is 12.1 Å². The second kappa shape index (κ2) is 3.58. The summed E-state index contributed by atoms with van der Waals surface area (Å²) in [6.45, 7) is 1.30. The normalized spacial score (nSPS) is 19.5. The van der Waals surface area contributed by atoms with Gasteiger partial charge in [-0.25, -0.2) is 0 Å². The Hall–Kier alpha value is -1.35. The Bertz CT molecular complexity index is 305. The average Bonchev–Trinajstić information content (AvgIpc) is 2.99. The molecule has 0 saturated carbocycles. The van der Waals surface area contributed by atoms with Gasteiger partial charge in [0, 0.05) is 0 Å². The number of aldehydes is 1. The van der Waals surface area contributed by atoms with Crippen LogP contribution in [0.2, 0.25) is 0 Å². The minimum Gasteiger partial charge on any atom is -0.490 e. The topological polar surface area (TPSA) is 38.8 Å². The highest BCUT2D eigenvalue weighted by Gasteiger charge is 2.23. The second-order valence-electron chi connectivity index (χ2n) is 2.92. The van der Waals surface area contributed by atoms with Gasteiger partial charge in [0.15, 0.2) is 6.29 Å². The first kappa shape index (κ1) is 8.26. The van der Waals surface area contributed by atoms with E-state index in [1.54, 1.807) is 12.1 Å². The van der Waals surface area contributed by atoms with Crippen LogP contribution in [0.4, 0.5) is 0 Å². The molecule has 68 valence electrons. The van der Waals surface area contributed by atoms with Gasteiger partial charge < -0.3 is 9.47 Å². The molecule has 1 aliphatic heterocycles. The third-order valence-electron chi connectivity index (χ3n) is 1.87. The quantitative estimate of drug-likeness (QED) is 0.515. The predicted octanol–water partition coefficient (Wildman–Crippen LogP) is 1.28. The molecule has 0 radical (unpaired) electrons. The Balaban J connectivity index is 2.03. The largest absolute Gasteiger partial charge is 0.490 e. The number of hydrogen-bond acceptors (Lipinski definition) is 3. The van der Waals surface area contributed by atoms with Gasteiger partial charge in [-0.2, -0.15) is 0 Å². The van der Waals surface area contributed by atoms with Crippen LogP contribution in [0, 0.1) is 0 Å². The number of para-hydroxylation sites is 1. The van der Waals surface area contributed by atoms with Gasteiger partial charge in [0.25, 0.3) is 0 Å². The number of ether oxygens (including phenoxy) is 2. The van der Waals surface area contributed by atoms with Gasteiger partial charge in [-0.3, -0.25) is 4.79 Å². The molecule has 1 heterocycles. The van der Waals surface area contributed by atoms with Crippen LogP contribution in [0.3, 0.4) is 0 Å². The summed E-state index contributed by atoms with van der Waals surface area (Å²) in [5.41, 5.74) is 0.586. The van der Waals surface area contributed by atoms with Gasteiger partial charge in [0.1, 0.15) is 18.5 Å². The van der Waals surface area contributed by atoms with Crippen molar-refractivity contribution in [1.29, 1.82) is 0 Å². The third-order valence-corrected chi connectivity index (χ3v) is 1.87. The van der Waals surface area contributed by atoms with E-state index in [1.165, 1.54) is 0 Å². The lowest BCUT2D eigenvalue weighted by molar-refractivity contribution is 0.111. The first-order valence-electron chi connectivity index (χ1n) is 4.19. The van der Waals surface area contributed by atoms with E-state index in [2.05, 4.69) is 0 Å². The van der Waals surface area contributed by atoms with E-state index in [4.69, 9.17) is 9.47 Å². The summed E-state index contributed by atoms with van der Waals surface area (Å²) < 4.78 is 10.4. The second-order valence-corrected chi connectivity index (χ2v) is 2.92. The molecule has 1 fully saturated rings. The smallest absolute Gasteiger partial charge is 0.153 e. The van der Waals surface area contributed by atoms with Gasteiger partial charge in [0.05, 0.1) is 12.2 Å². The maximum Gasteiger partial charge on any atom is 0.153 e. The summed E-state index contributed by atoms with van der Waals surface area (Å²) in [6.07, 6.45) is 1.02. The number of hydrogen-bond donors (Lipinski definition) is 0. The van der Waals surface area contributed by atoms with Crippen molar-refractivity contribution in [2.24, 2.45) is 0 Å². The molecule has 3 heteroatoms. The first-order valence-corrected chi connectivity index (χ1v) is 4.19. The van der Waals surface area contributed by atoms with Gasteiger partial charge in [0.2, 0.25) is 0 Å². The van der Waals surface area contributed by atoms with Gasteiger partial charge in [-0.05, 0) is 12.1 Å². The molecule has 0 unspecified atom stereocenters. The lowest BCUT2D eigenvalue weighted by atomic mass is 10.2. The van der Waals surface area contributed by atoms with Crippen molar-refractivity contribution in [2.75, 3.05) is 13.2 Å². The van der Waals surface area contributed by atoms with Crippen molar-refractivity contribution in [3.63, 3.8) is 0 Å². The Morgan fingerprint density at radius 3 is 3.00 bits per heavy atom. The molecule has 0 amide bonds. The van der Waals surface area contributed by atoms with E-state index >= 15 is 0 Å². The molecule has 13 heavy (non-hydrogen) atoms. The zero-order valence-corrected chi connectivity index (χ0v) is 7.10. The molecular formula is C10H10O3. The third kappa shape index (κ3) is 2.06. The van der Waals surface area contributed by atoms with Crippen LogP contribution in [0.25, 0.3) is 0 Å². The fraction of sp³-hybridized carbons (Fsp3) is 0.300. The highest BCUT2D eigenvalue weighted by molar-refractivity contribution is 5.79. The number of rotatable bonds is 4. The van der Waals surface area contributed by atoms with Gasteiger partial charge in [-0.1, -0.05) is 12.1 Å². The maximum absolute atomic E-state index is 10.6. The van der Waals surface area contributed by atoms with Crippen molar-refractivity contribution < 1.29 is 14.3 Å². The zero-order valence-electron chi connectivity index (χ0n) is 7.10. The Morgan fingerprint density at radius 1 is 1.54 bits per heavy atom. The van der Waals surface area contributed by atoms with Crippen molar-refractivity contribution >= 4 is 6.29 Å². The molecule has 1 atom stereocenters. The molecule has 0 aliphatic carbocycles. The van der Waals surface area contributed by atoms with Crippen LogP contribution < -0.4 is 4.74 Å². The maximum atomic E-state index is 10.6. The Kier molecular flexibility index (Phi) is 2.27. The van der Waals surface area contributed by atoms with Crippen LogP contribution in [0.5, 0.6) is 5.75 Å². The van der Waals surface area contributed by atoms with Gasteiger partial charge >= 0.3 is 0 Å². The highest BCUT2D eigenvalue weighted by Crippen LogP contribution is 2.18. The van der Waals surface area contributed by atoms with E-state index in [-0.39, 0.29) is 6.10 Å². The van der Waals surface area contributed by atoms with E-state index in [0.29, 0.717) is 17.9 Å². The van der Waals surface area contributed by atoms with Crippen LogP contribution in [-0.4, -0.2) is 25.6 Å². The minimum absolute atomic E-state index is 0.222. The zero-order chi connectivity index (χ0) is 9.10. The number of carbonyl (C=O) groups is 1. The summed E-state index contributed by atoms with van der Waals surface area (Å²) in [7, 11) is 0. The van der Waals surface area contributed by atoms with Gasteiger partial charge in [-0.15, -0.1) is 0 Å². The Labute approximate surface area is 76.3 Å². The van der Waals surface area contributed by atoms with Crippen molar-refractivity contribution in [1.82, 2.24) is 0 Å². The fourth-order valence-corrected chi connectivity index (χ4v) is 1.06. The predicted molar refractivity (Wildman–Crippen MR) is 47.1 cm³/mol. The molecule has 0 aromatic heterocycles. The molecule has 1 saturated heterocycles. The molecule has 0 spiro atoms. The molecule has 2 rings (SSSR count). The van der Waals surface area contributed by atoms with Crippen molar-refractivity contribution in [3.05, 3.63) is 29.8 Å². The summed E-state index contributed by atoms with van der Waals surface area (Å²) >= 11 is 0. The lowest BCUT2D eigenvalue weighted by Crippen LogP contribution is -2.05. The van der Waals surface area contributed by atoms with Crippen LogP contribution in [0.1, 0.15) is 10.4 Å². The molecule has 1 aromatic rings. The van der Waals surface area contributed by atoms with E-state index in [9.17, 15) is 4.79 Å². The van der Waals surface area contributed by atoms with Crippen LogP contribution in [0.15, 0.2) is 24.3 Å². The number of benzene rings is 1. The molecule has 0 bridgehead atoms. The summed E-state index contributed by atoms with van der Waals surface area (Å²) in [6, 6.07) is 7.17.